The number of hydrogen-bond donors (Lipinski definition) is 1. The molecule has 0 aromatic heterocycles. The SMILES string of the molecule is CC(CCCC1(C)C2CC3C(C2)C31C)C(=O)O. The van der Waals surface area contributed by atoms with Gasteiger partial charge in [-0.1, -0.05) is 27.2 Å². The molecule has 2 nitrogen and oxygen atoms in total. The van der Waals surface area contributed by atoms with Gasteiger partial charge in [0, 0.05) is 0 Å². The molecule has 0 aromatic carbocycles. The molecule has 4 aliphatic rings. The lowest BCUT2D eigenvalue weighted by Gasteiger charge is -2.34. The number of aliphatic carboxylic acids is 1. The quantitative estimate of drug-likeness (QED) is 0.792. The molecule has 0 aliphatic heterocycles. The summed E-state index contributed by atoms with van der Waals surface area (Å²) in [6.07, 6.45) is 6.12. The molecular weight excluding hydrogens is 212 g/mol. The second kappa shape index (κ2) is 3.27. The van der Waals surface area contributed by atoms with E-state index in [2.05, 4.69) is 13.8 Å². The summed E-state index contributed by atoms with van der Waals surface area (Å²) in [6.45, 7) is 6.81. The Bertz CT molecular complexity index is 350. The van der Waals surface area contributed by atoms with Crippen LogP contribution in [-0.2, 0) is 4.79 Å². The number of rotatable bonds is 5. The second-order valence-corrected chi connectivity index (χ2v) is 7.21. The van der Waals surface area contributed by atoms with E-state index in [-0.39, 0.29) is 5.92 Å². The van der Waals surface area contributed by atoms with Crippen molar-refractivity contribution < 1.29 is 9.90 Å². The van der Waals surface area contributed by atoms with E-state index in [0.717, 1.165) is 30.6 Å². The van der Waals surface area contributed by atoms with Crippen molar-refractivity contribution in [2.45, 2.75) is 52.9 Å². The Hall–Kier alpha value is -0.530. The molecule has 4 rings (SSSR count). The summed E-state index contributed by atoms with van der Waals surface area (Å²) >= 11 is 0. The van der Waals surface area contributed by atoms with E-state index in [1.165, 1.54) is 19.3 Å². The van der Waals surface area contributed by atoms with Crippen LogP contribution < -0.4 is 0 Å². The molecule has 2 heteroatoms. The van der Waals surface area contributed by atoms with Crippen LogP contribution in [0.2, 0.25) is 0 Å². The molecular formula is C15H24O2. The molecule has 0 amide bonds. The van der Waals surface area contributed by atoms with E-state index in [9.17, 15) is 4.79 Å². The zero-order valence-electron chi connectivity index (χ0n) is 11.2. The molecule has 0 radical (unpaired) electrons. The molecule has 4 fully saturated rings. The average Bonchev–Trinajstić information content (AvgIpc) is 2.64. The minimum absolute atomic E-state index is 0.169. The zero-order valence-corrected chi connectivity index (χ0v) is 11.2. The van der Waals surface area contributed by atoms with Crippen LogP contribution in [0.3, 0.4) is 0 Å². The third kappa shape index (κ3) is 1.25. The fourth-order valence-corrected chi connectivity index (χ4v) is 5.40. The topological polar surface area (TPSA) is 37.3 Å². The Balaban J connectivity index is 1.58. The van der Waals surface area contributed by atoms with Gasteiger partial charge in [0.2, 0.25) is 0 Å². The van der Waals surface area contributed by atoms with Crippen LogP contribution in [0.1, 0.15) is 52.9 Å². The molecule has 17 heavy (non-hydrogen) atoms. The van der Waals surface area contributed by atoms with Crippen LogP contribution in [0.15, 0.2) is 0 Å². The standard InChI is InChI=1S/C15H24O2/c1-9(13(16)17)5-4-6-14(2)10-7-11-12(8-10)15(11,14)3/h9-12H,4-8H2,1-3H3,(H,16,17). The molecule has 4 aliphatic carbocycles. The maximum absolute atomic E-state index is 10.8. The van der Waals surface area contributed by atoms with E-state index in [0.29, 0.717) is 10.8 Å². The Kier molecular flexibility index (Phi) is 2.22. The number of carboxylic acids is 1. The minimum Gasteiger partial charge on any atom is -0.481 e. The predicted molar refractivity (Wildman–Crippen MR) is 66.6 cm³/mol. The Morgan fingerprint density at radius 2 is 1.94 bits per heavy atom. The molecule has 0 saturated heterocycles. The first-order valence-electron chi connectivity index (χ1n) is 7.14. The summed E-state index contributed by atoms with van der Waals surface area (Å²) < 4.78 is 0. The van der Waals surface area contributed by atoms with Crippen molar-refractivity contribution >= 4 is 5.97 Å². The smallest absolute Gasteiger partial charge is 0.306 e. The van der Waals surface area contributed by atoms with Crippen molar-refractivity contribution in [3.8, 4) is 0 Å². The maximum atomic E-state index is 10.8. The van der Waals surface area contributed by atoms with Crippen molar-refractivity contribution in [2.24, 2.45) is 34.5 Å². The van der Waals surface area contributed by atoms with Gasteiger partial charge in [-0.15, -0.1) is 0 Å². The Morgan fingerprint density at radius 1 is 1.35 bits per heavy atom. The highest BCUT2D eigenvalue weighted by Crippen LogP contribution is 2.87. The van der Waals surface area contributed by atoms with E-state index in [4.69, 9.17) is 5.11 Å². The highest BCUT2D eigenvalue weighted by atomic mass is 16.4. The van der Waals surface area contributed by atoms with Gasteiger partial charge in [0.25, 0.3) is 0 Å². The van der Waals surface area contributed by atoms with Crippen LogP contribution in [0.25, 0.3) is 0 Å². The van der Waals surface area contributed by atoms with Gasteiger partial charge < -0.3 is 5.11 Å². The third-order valence-corrected chi connectivity index (χ3v) is 6.88. The molecule has 0 heterocycles. The molecule has 0 aromatic rings. The lowest BCUT2D eigenvalue weighted by atomic mass is 9.70. The predicted octanol–water partition coefficient (Wildman–Crippen LogP) is 3.56. The van der Waals surface area contributed by atoms with Gasteiger partial charge in [0.1, 0.15) is 0 Å². The van der Waals surface area contributed by atoms with E-state index >= 15 is 0 Å². The average molecular weight is 236 g/mol. The second-order valence-electron chi connectivity index (χ2n) is 7.21. The minimum atomic E-state index is -0.638. The Morgan fingerprint density at radius 3 is 2.35 bits per heavy atom. The number of carboxylic acid groups (broad SMARTS) is 1. The van der Waals surface area contributed by atoms with Crippen molar-refractivity contribution in [2.75, 3.05) is 0 Å². The van der Waals surface area contributed by atoms with Crippen molar-refractivity contribution in [1.82, 2.24) is 0 Å². The molecule has 4 bridgehead atoms. The fourth-order valence-electron chi connectivity index (χ4n) is 5.40. The van der Waals surface area contributed by atoms with Gasteiger partial charge in [-0.3, -0.25) is 4.79 Å². The third-order valence-electron chi connectivity index (χ3n) is 6.88. The lowest BCUT2D eigenvalue weighted by Crippen LogP contribution is -2.27. The largest absolute Gasteiger partial charge is 0.481 e. The molecule has 96 valence electrons. The first-order chi connectivity index (χ1) is 7.91. The van der Waals surface area contributed by atoms with Crippen molar-refractivity contribution in [1.29, 1.82) is 0 Å². The van der Waals surface area contributed by atoms with Gasteiger partial charge in [0.05, 0.1) is 5.92 Å². The van der Waals surface area contributed by atoms with Crippen molar-refractivity contribution in [3.63, 3.8) is 0 Å². The molecule has 4 atom stereocenters. The normalized spacial score (nSPS) is 51.6. The molecule has 0 spiro atoms. The highest BCUT2D eigenvalue weighted by molar-refractivity contribution is 5.69. The summed E-state index contributed by atoms with van der Waals surface area (Å²) in [7, 11) is 0. The van der Waals surface area contributed by atoms with Crippen molar-refractivity contribution in [3.05, 3.63) is 0 Å². The first-order valence-corrected chi connectivity index (χ1v) is 7.14. The van der Waals surface area contributed by atoms with Crippen LogP contribution in [0.4, 0.5) is 0 Å². The summed E-state index contributed by atoms with van der Waals surface area (Å²) in [5.41, 5.74) is 1.16. The molecule has 4 saturated carbocycles. The summed E-state index contributed by atoms with van der Waals surface area (Å²) in [5.74, 6) is 2.19. The number of hydrogen-bond acceptors (Lipinski definition) is 1. The van der Waals surface area contributed by atoms with Crippen LogP contribution >= 0.6 is 0 Å². The van der Waals surface area contributed by atoms with E-state index in [1.807, 2.05) is 6.92 Å². The van der Waals surface area contributed by atoms with Gasteiger partial charge >= 0.3 is 5.97 Å². The summed E-state index contributed by atoms with van der Waals surface area (Å²) in [6, 6.07) is 0. The van der Waals surface area contributed by atoms with Crippen LogP contribution in [-0.4, -0.2) is 11.1 Å². The van der Waals surface area contributed by atoms with Gasteiger partial charge in [-0.25, -0.2) is 0 Å². The zero-order chi connectivity index (χ0) is 12.4. The van der Waals surface area contributed by atoms with E-state index in [1.54, 1.807) is 0 Å². The van der Waals surface area contributed by atoms with Crippen LogP contribution in [0, 0.1) is 34.5 Å². The highest BCUT2D eigenvalue weighted by Gasteiger charge is 2.80. The molecule has 4 unspecified atom stereocenters. The lowest BCUT2D eigenvalue weighted by molar-refractivity contribution is -0.141. The fraction of sp³-hybridized carbons (Fsp3) is 0.933. The van der Waals surface area contributed by atoms with Crippen LogP contribution in [0.5, 0.6) is 0 Å². The van der Waals surface area contributed by atoms with Gasteiger partial charge in [0.15, 0.2) is 0 Å². The molecule has 1 N–H and O–H groups in total. The van der Waals surface area contributed by atoms with Gasteiger partial charge in [-0.05, 0) is 54.3 Å². The monoisotopic (exact) mass is 236 g/mol. The summed E-state index contributed by atoms with van der Waals surface area (Å²) in [5, 5.41) is 8.91. The maximum Gasteiger partial charge on any atom is 0.306 e. The Labute approximate surface area is 104 Å². The number of carbonyl (C=O) groups is 1. The van der Waals surface area contributed by atoms with Gasteiger partial charge in [-0.2, -0.15) is 0 Å². The first kappa shape index (κ1) is 11.6. The summed E-state index contributed by atoms with van der Waals surface area (Å²) in [4.78, 5) is 10.8. The van der Waals surface area contributed by atoms with E-state index < -0.39 is 5.97 Å².